The molecule has 3 aliphatic heterocycles. The number of amides is 2. The first-order valence-electron chi connectivity index (χ1n) is 12.7. The highest BCUT2D eigenvalue weighted by Crippen LogP contribution is 2.35. The highest BCUT2D eigenvalue weighted by atomic mass is 16.6. The Hall–Kier alpha value is -3.46. The summed E-state index contributed by atoms with van der Waals surface area (Å²) in [6.45, 7) is 5.73. The van der Waals surface area contributed by atoms with Gasteiger partial charge in [0.05, 0.1) is 0 Å². The highest BCUT2D eigenvalue weighted by molar-refractivity contribution is 5.68. The third-order valence-electron chi connectivity index (χ3n) is 7.40. The van der Waals surface area contributed by atoms with E-state index in [1.165, 1.54) is 0 Å². The molecule has 3 fully saturated rings. The molecular weight excluding hydrogens is 460 g/mol. The Balaban J connectivity index is 1.02. The minimum Gasteiger partial charge on any atom is -0.492 e. The molecule has 5 rings (SSSR count). The molecule has 3 saturated heterocycles. The van der Waals surface area contributed by atoms with Gasteiger partial charge in [0.25, 0.3) is 0 Å². The number of rotatable bonds is 7. The second-order valence-corrected chi connectivity index (χ2v) is 9.69. The van der Waals surface area contributed by atoms with E-state index in [2.05, 4.69) is 21.9 Å². The molecule has 192 valence electrons. The van der Waals surface area contributed by atoms with Gasteiger partial charge in [-0.05, 0) is 42.7 Å². The van der Waals surface area contributed by atoms with Crippen LogP contribution in [0.15, 0.2) is 54.6 Å². The molecule has 0 saturated carbocycles. The van der Waals surface area contributed by atoms with Crippen molar-refractivity contribution < 1.29 is 24.2 Å². The van der Waals surface area contributed by atoms with E-state index in [0.29, 0.717) is 39.4 Å². The van der Waals surface area contributed by atoms with E-state index in [4.69, 9.17) is 9.47 Å². The quantitative estimate of drug-likeness (QED) is 0.632. The summed E-state index contributed by atoms with van der Waals surface area (Å²) in [6, 6.07) is 18.4. The van der Waals surface area contributed by atoms with Gasteiger partial charge in [-0.15, -0.1) is 0 Å². The first-order chi connectivity index (χ1) is 17.6. The lowest BCUT2D eigenvalue weighted by Gasteiger charge is -2.41. The van der Waals surface area contributed by atoms with Crippen molar-refractivity contribution in [3.05, 3.63) is 60.2 Å². The fraction of sp³-hybridized carbons (Fsp3) is 0.481. The van der Waals surface area contributed by atoms with Crippen LogP contribution in [0.4, 0.5) is 15.3 Å². The zero-order valence-electron chi connectivity index (χ0n) is 20.5. The van der Waals surface area contributed by atoms with Crippen LogP contribution in [0, 0.1) is 0 Å². The second-order valence-electron chi connectivity index (χ2n) is 9.69. The topological polar surface area (TPSA) is 85.8 Å². The maximum absolute atomic E-state index is 12.3. The van der Waals surface area contributed by atoms with E-state index in [1.54, 1.807) is 9.80 Å². The molecule has 0 radical (unpaired) electrons. The van der Waals surface area contributed by atoms with Crippen LogP contribution in [0.1, 0.15) is 18.4 Å². The van der Waals surface area contributed by atoms with Crippen LogP contribution >= 0.6 is 0 Å². The predicted molar refractivity (Wildman–Crippen MR) is 135 cm³/mol. The number of ether oxygens (including phenoxy) is 2. The van der Waals surface area contributed by atoms with E-state index >= 15 is 0 Å². The lowest BCUT2D eigenvalue weighted by atomic mass is 10.1. The normalized spacial score (nSPS) is 21.9. The third-order valence-corrected chi connectivity index (χ3v) is 7.40. The molecule has 0 aromatic heterocycles. The van der Waals surface area contributed by atoms with E-state index in [1.807, 2.05) is 42.5 Å². The summed E-state index contributed by atoms with van der Waals surface area (Å²) >= 11 is 0. The lowest BCUT2D eigenvalue weighted by molar-refractivity contribution is 0.0684. The summed E-state index contributed by atoms with van der Waals surface area (Å²) in [7, 11) is 0. The van der Waals surface area contributed by atoms with Crippen molar-refractivity contribution in [3.8, 4) is 5.75 Å². The molecule has 0 spiro atoms. The Labute approximate surface area is 211 Å². The van der Waals surface area contributed by atoms with Gasteiger partial charge in [-0.25, -0.2) is 9.59 Å². The van der Waals surface area contributed by atoms with Crippen LogP contribution in [0.3, 0.4) is 0 Å². The van der Waals surface area contributed by atoms with Crippen molar-refractivity contribution in [1.82, 2.24) is 14.7 Å². The summed E-state index contributed by atoms with van der Waals surface area (Å²) in [6.07, 6.45) is 0.988. The SMILES string of the molecule is O=C(O)N1C[C@H]2CC[C@@H](C1)N2c1ccc(OCCN2CCN(C(=O)OCc3ccccc3)CC2)cc1. The number of carbonyl (C=O) groups excluding carboxylic acids is 1. The molecule has 2 aromatic rings. The Bertz CT molecular complexity index is 1010. The number of benzene rings is 2. The van der Waals surface area contributed by atoms with Gasteiger partial charge in [0, 0.05) is 63.6 Å². The smallest absolute Gasteiger partial charge is 0.410 e. The molecule has 2 amide bonds. The number of carbonyl (C=O) groups is 2. The van der Waals surface area contributed by atoms with E-state index < -0.39 is 6.09 Å². The molecule has 2 aromatic carbocycles. The standard InChI is InChI=1S/C27H34N4O5/c32-26(33)30-18-23-6-7-24(19-30)31(23)22-8-10-25(11-9-22)35-17-16-28-12-14-29(15-13-28)27(34)36-20-21-4-2-1-3-5-21/h1-5,8-11,23-24H,6-7,12-20H2,(H,32,33)/t23-,24+. The van der Waals surface area contributed by atoms with Crippen LogP contribution in [-0.4, -0.2) is 96.5 Å². The van der Waals surface area contributed by atoms with Gasteiger partial charge in [0.2, 0.25) is 0 Å². The first kappa shape index (κ1) is 24.2. The molecule has 2 bridgehead atoms. The van der Waals surface area contributed by atoms with Crippen molar-refractivity contribution in [2.24, 2.45) is 0 Å². The number of fused-ring (bicyclic) bond motifs is 2. The Morgan fingerprint density at radius 1 is 0.861 bits per heavy atom. The van der Waals surface area contributed by atoms with Gasteiger partial charge in [0.1, 0.15) is 19.0 Å². The van der Waals surface area contributed by atoms with E-state index in [9.17, 15) is 14.7 Å². The van der Waals surface area contributed by atoms with E-state index in [0.717, 1.165) is 49.5 Å². The minimum absolute atomic E-state index is 0.251. The molecule has 9 heteroatoms. The van der Waals surface area contributed by atoms with Crippen LogP contribution in [-0.2, 0) is 11.3 Å². The summed E-state index contributed by atoms with van der Waals surface area (Å²) < 4.78 is 11.4. The number of hydrogen-bond acceptors (Lipinski definition) is 6. The second kappa shape index (κ2) is 11.1. The number of likely N-dealkylation sites (tertiary alicyclic amines) is 1. The minimum atomic E-state index is -0.820. The number of nitrogens with zero attached hydrogens (tertiary/aromatic N) is 4. The van der Waals surface area contributed by atoms with Crippen molar-refractivity contribution in [1.29, 1.82) is 0 Å². The number of piperazine rings is 2. The van der Waals surface area contributed by atoms with E-state index in [-0.39, 0.29) is 18.2 Å². The van der Waals surface area contributed by atoms with Crippen LogP contribution < -0.4 is 9.64 Å². The van der Waals surface area contributed by atoms with Gasteiger partial charge in [-0.1, -0.05) is 30.3 Å². The molecule has 2 atom stereocenters. The van der Waals surface area contributed by atoms with Crippen molar-refractivity contribution in [2.75, 3.05) is 57.3 Å². The Morgan fingerprint density at radius 2 is 1.53 bits per heavy atom. The highest BCUT2D eigenvalue weighted by Gasteiger charge is 2.41. The number of hydrogen-bond donors (Lipinski definition) is 1. The van der Waals surface area contributed by atoms with Crippen molar-refractivity contribution in [3.63, 3.8) is 0 Å². The van der Waals surface area contributed by atoms with Crippen molar-refractivity contribution >= 4 is 17.9 Å². The van der Waals surface area contributed by atoms with Crippen LogP contribution in [0.5, 0.6) is 5.75 Å². The predicted octanol–water partition coefficient (Wildman–Crippen LogP) is 3.35. The Kier molecular flexibility index (Phi) is 7.46. The Morgan fingerprint density at radius 3 is 2.17 bits per heavy atom. The monoisotopic (exact) mass is 494 g/mol. The molecule has 0 aliphatic carbocycles. The molecule has 36 heavy (non-hydrogen) atoms. The maximum Gasteiger partial charge on any atom is 0.410 e. The summed E-state index contributed by atoms with van der Waals surface area (Å²) in [5, 5.41) is 9.33. The average Bonchev–Trinajstić information content (AvgIpc) is 3.17. The number of anilines is 1. The fourth-order valence-electron chi connectivity index (χ4n) is 5.45. The third kappa shape index (κ3) is 5.67. The van der Waals surface area contributed by atoms with Crippen LogP contribution in [0.2, 0.25) is 0 Å². The van der Waals surface area contributed by atoms with Gasteiger partial charge < -0.3 is 29.3 Å². The van der Waals surface area contributed by atoms with Gasteiger partial charge in [-0.2, -0.15) is 0 Å². The molecule has 3 aliphatic rings. The van der Waals surface area contributed by atoms with Gasteiger partial charge >= 0.3 is 12.2 Å². The molecule has 1 N–H and O–H groups in total. The van der Waals surface area contributed by atoms with Gasteiger partial charge in [0.15, 0.2) is 0 Å². The molecule has 0 unspecified atom stereocenters. The summed E-state index contributed by atoms with van der Waals surface area (Å²) in [5.74, 6) is 0.832. The summed E-state index contributed by atoms with van der Waals surface area (Å²) in [4.78, 5) is 31.7. The maximum atomic E-state index is 12.3. The lowest BCUT2D eigenvalue weighted by Crippen LogP contribution is -2.55. The van der Waals surface area contributed by atoms with Crippen molar-refractivity contribution in [2.45, 2.75) is 31.5 Å². The molecule has 3 heterocycles. The first-order valence-corrected chi connectivity index (χ1v) is 12.7. The van der Waals surface area contributed by atoms with Gasteiger partial charge in [-0.3, -0.25) is 4.90 Å². The molecule has 9 nitrogen and oxygen atoms in total. The fourth-order valence-corrected chi connectivity index (χ4v) is 5.45. The zero-order chi connectivity index (χ0) is 24.9. The molecular formula is C27H34N4O5. The van der Waals surface area contributed by atoms with Crippen LogP contribution in [0.25, 0.3) is 0 Å². The largest absolute Gasteiger partial charge is 0.492 e. The summed E-state index contributed by atoms with van der Waals surface area (Å²) in [5.41, 5.74) is 2.12. The number of carboxylic acid groups (broad SMARTS) is 1. The average molecular weight is 495 g/mol. The zero-order valence-corrected chi connectivity index (χ0v) is 20.5.